The Hall–Kier alpha value is -2.08. The molecule has 1 aliphatic heterocycles. The second kappa shape index (κ2) is 7.00. The minimum Gasteiger partial charge on any atom is -0.490 e. The zero-order valence-corrected chi connectivity index (χ0v) is 12.9. The maximum Gasteiger partial charge on any atom is 0.306 e. The van der Waals surface area contributed by atoms with Crippen molar-refractivity contribution in [2.45, 2.75) is 37.8 Å². The molecular formula is C17H21NO5. The first-order valence-corrected chi connectivity index (χ1v) is 8.00. The highest BCUT2D eigenvalue weighted by Gasteiger charge is 2.35. The molecule has 0 spiro atoms. The Morgan fingerprint density at radius 3 is 2.39 bits per heavy atom. The number of amides is 1. The quantitative estimate of drug-likeness (QED) is 0.865. The average molecular weight is 319 g/mol. The molecule has 1 heterocycles. The van der Waals surface area contributed by atoms with Crippen LogP contribution in [0.3, 0.4) is 0 Å². The van der Waals surface area contributed by atoms with Gasteiger partial charge < -0.3 is 19.9 Å². The molecule has 0 unspecified atom stereocenters. The summed E-state index contributed by atoms with van der Waals surface area (Å²) in [4.78, 5) is 22.9. The van der Waals surface area contributed by atoms with Crippen molar-refractivity contribution in [1.82, 2.24) is 5.32 Å². The number of hydrogen-bond acceptors (Lipinski definition) is 4. The van der Waals surface area contributed by atoms with Gasteiger partial charge in [-0.1, -0.05) is 0 Å². The molecule has 0 aromatic heterocycles. The molecule has 0 bridgehead atoms. The molecule has 124 valence electrons. The Bertz CT molecular complexity index is 559. The second-order valence-corrected chi connectivity index (χ2v) is 6.13. The van der Waals surface area contributed by atoms with Crippen LogP contribution in [0.5, 0.6) is 5.75 Å². The standard InChI is InChI=1S/C17H21NO5/c19-16(18-13-9-12(10-13)17(20)21)11-1-3-14(4-2-11)23-15-5-7-22-8-6-15/h1-4,12-13,15H,5-10H2,(H,18,19)(H,20,21). The van der Waals surface area contributed by atoms with Gasteiger partial charge in [0.1, 0.15) is 11.9 Å². The monoisotopic (exact) mass is 319 g/mol. The van der Waals surface area contributed by atoms with Crippen molar-refractivity contribution in [1.29, 1.82) is 0 Å². The van der Waals surface area contributed by atoms with Crippen LogP contribution in [0.2, 0.25) is 0 Å². The molecule has 1 aromatic rings. The minimum absolute atomic E-state index is 0.0400. The van der Waals surface area contributed by atoms with Gasteiger partial charge in [0, 0.05) is 24.4 Å². The molecule has 6 nitrogen and oxygen atoms in total. The van der Waals surface area contributed by atoms with Crippen molar-refractivity contribution >= 4 is 11.9 Å². The third kappa shape index (κ3) is 4.01. The fourth-order valence-electron chi connectivity index (χ4n) is 2.88. The predicted octanol–water partition coefficient (Wildman–Crippen LogP) is 1.84. The summed E-state index contributed by atoms with van der Waals surface area (Å²) in [5, 5.41) is 11.7. The van der Waals surface area contributed by atoms with E-state index >= 15 is 0 Å². The van der Waals surface area contributed by atoms with Crippen molar-refractivity contribution in [3.05, 3.63) is 29.8 Å². The van der Waals surface area contributed by atoms with Gasteiger partial charge in [0.05, 0.1) is 19.1 Å². The van der Waals surface area contributed by atoms with Crippen LogP contribution in [0.4, 0.5) is 0 Å². The van der Waals surface area contributed by atoms with Crippen molar-refractivity contribution in [3.8, 4) is 5.75 Å². The number of ether oxygens (including phenoxy) is 2. The molecule has 0 atom stereocenters. The highest BCUT2D eigenvalue weighted by molar-refractivity contribution is 5.94. The molecule has 3 rings (SSSR count). The number of benzene rings is 1. The second-order valence-electron chi connectivity index (χ2n) is 6.13. The van der Waals surface area contributed by atoms with Crippen LogP contribution < -0.4 is 10.1 Å². The van der Waals surface area contributed by atoms with Gasteiger partial charge in [0.2, 0.25) is 0 Å². The Morgan fingerprint density at radius 2 is 1.78 bits per heavy atom. The molecule has 2 fully saturated rings. The average Bonchev–Trinajstić information content (AvgIpc) is 2.51. The van der Waals surface area contributed by atoms with Gasteiger partial charge in [-0.2, -0.15) is 0 Å². The van der Waals surface area contributed by atoms with Gasteiger partial charge in [0.25, 0.3) is 5.91 Å². The molecule has 1 saturated heterocycles. The third-order valence-corrected chi connectivity index (χ3v) is 4.41. The zero-order valence-electron chi connectivity index (χ0n) is 12.9. The van der Waals surface area contributed by atoms with E-state index in [0.717, 1.165) is 31.8 Å². The lowest BCUT2D eigenvalue weighted by Gasteiger charge is -2.32. The van der Waals surface area contributed by atoms with Gasteiger partial charge in [-0.25, -0.2) is 0 Å². The Labute approximate surface area is 134 Å². The number of carbonyl (C=O) groups excluding carboxylic acids is 1. The molecule has 1 saturated carbocycles. The number of carboxylic acid groups (broad SMARTS) is 1. The number of hydrogen-bond donors (Lipinski definition) is 2. The summed E-state index contributed by atoms with van der Waals surface area (Å²) >= 11 is 0. The van der Waals surface area contributed by atoms with E-state index < -0.39 is 5.97 Å². The SMILES string of the molecule is O=C(NC1CC(C(=O)O)C1)c1ccc(OC2CCOCC2)cc1. The van der Waals surface area contributed by atoms with Crippen molar-refractivity contribution in [3.63, 3.8) is 0 Å². The van der Waals surface area contributed by atoms with Crippen LogP contribution in [0, 0.1) is 5.92 Å². The Kier molecular flexibility index (Phi) is 4.81. The lowest BCUT2D eigenvalue weighted by molar-refractivity contribution is -0.145. The first-order valence-electron chi connectivity index (χ1n) is 8.00. The number of carboxylic acids is 1. The van der Waals surface area contributed by atoms with Crippen LogP contribution in [-0.2, 0) is 9.53 Å². The van der Waals surface area contributed by atoms with E-state index in [0.29, 0.717) is 18.4 Å². The van der Waals surface area contributed by atoms with Gasteiger partial charge in [-0.15, -0.1) is 0 Å². The van der Waals surface area contributed by atoms with E-state index in [9.17, 15) is 9.59 Å². The van der Waals surface area contributed by atoms with Crippen molar-refractivity contribution < 1.29 is 24.2 Å². The maximum absolute atomic E-state index is 12.1. The molecule has 23 heavy (non-hydrogen) atoms. The summed E-state index contributed by atoms with van der Waals surface area (Å²) in [6.45, 7) is 1.45. The smallest absolute Gasteiger partial charge is 0.306 e. The van der Waals surface area contributed by atoms with E-state index in [1.807, 2.05) is 0 Å². The van der Waals surface area contributed by atoms with E-state index in [2.05, 4.69) is 5.32 Å². The summed E-state index contributed by atoms with van der Waals surface area (Å²) in [5.41, 5.74) is 0.558. The fraction of sp³-hybridized carbons (Fsp3) is 0.529. The number of carbonyl (C=O) groups is 2. The highest BCUT2D eigenvalue weighted by atomic mass is 16.5. The summed E-state index contributed by atoms with van der Waals surface area (Å²) in [5.74, 6) is -0.528. The van der Waals surface area contributed by atoms with Crippen LogP contribution in [0.1, 0.15) is 36.0 Å². The van der Waals surface area contributed by atoms with Crippen LogP contribution in [-0.4, -0.2) is 42.3 Å². The van der Waals surface area contributed by atoms with E-state index in [1.54, 1.807) is 24.3 Å². The van der Waals surface area contributed by atoms with Crippen LogP contribution in [0.25, 0.3) is 0 Å². The van der Waals surface area contributed by atoms with E-state index in [1.165, 1.54) is 0 Å². The molecule has 2 aliphatic rings. The molecule has 1 aromatic carbocycles. The summed E-state index contributed by atoms with van der Waals surface area (Å²) in [7, 11) is 0. The van der Waals surface area contributed by atoms with Crippen LogP contribution in [0.15, 0.2) is 24.3 Å². The Morgan fingerprint density at radius 1 is 1.13 bits per heavy atom. The molecule has 0 radical (unpaired) electrons. The first-order chi connectivity index (χ1) is 11.1. The first kappa shape index (κ1) is 15.8. The van der Waals surface area contributed by atoms with Crippen LogP contribution >= 0.6 is 0 Å². The van der Waals surface area contributed by atoms with E-state index in [4.69, 9.17) is 14.6 Å². The molecule has 6 heteroatoms. The lowest BCUT2D eigenvalue weighted by Crippen LogP contribution is -2.46. The van der Waals surface area contributed by atoms with Gasteiger partial charge >= 0.3 is 5.97 Å². The number of aliphatic carboxylic acids is 1. The third-order valence-electron chi connectivity index (χ3n) is 4.41. The number of rotatable bonds is 5. The van der Waals surface area contributed by atoms with Crippen molar-refractivity contribution in [2.75, 3.05) is 13.2 Å². The summed E-state index contributed by atoms with van der Waals surface area (Å²) in [6, 6.07) is 7.02. The summed E-state index contributed by atoms with van der Waals surface area (Å²) < 4.78 is 11.2. The molecule has 1 aliphatic carbocycles. The zero-order chi connectivity index (χ0) is 16.2. The van der Waals surface area contributed by atoms with Gasteiger partial charge in [-0.05, 0) is 37.1 Å². The molecular weight excluding hydrogens is 298 g/mol. The molecule has 2 N–H and O–H groups in total. The largest absolute Gasteiger partial charge is 0.490 e. The topological polar surface area (TPSA) is 84.9 Å². The highest BCUT2D eigenvalue weighted by Crippen LogP contribution is 2.27. The Balaban J connectivity index is 1.48. The normalized spacial score (nSPS) is 24.5. The lowest BCUT2D eigenvalue weighted by atomic mass is 9.80. The maximum atomic E-state index is 12.1. The van der Waals surface area contributed by atoms with Gasteiger partial charge in [0.15, 0.2) is 0 Å². The minimum atomic E-state index is -0.787. The molecule has 1 amide bonds. The van der Waals surface area contributed by atoms with Gasteiger partial charge in [-0.3, -0.25) is 9.59 Å². The predicted molar refractivity (Wildman–Crippen MR) is 82.5 cm³/mol. The summed E-state index contributed by atoms with van der Waals surface area (Å²) in [6.07, 6.45) is 2.95. The van der Waals surface area contributed by atoms with E-state index in [-0.39, 0.29) is 24.0 Å². The van der Waals surface area contributed by atoms with Crippen molar-refractivity contribution in [2.24, 2.45) is 5.92 Å². The number of nitrogens with one attached hydrogen (secondary N) is 1. The fourth-order valence-corrected chi connectivity index (χ4v) is 2.88.